The number of aliphatic hydroxyl groups excluding tert-OH is 2. The van der Waals surface area contributed by atoms with Crippen LogP contribution in [0.25, 0.3) is 5.57 Å². The van der Waals surface area contributed by atoms with Crippen molar-refractivity contribution < 1.29 is 19.7 Å². The highest BCUT2D eigenvalue weighted by Crippen LogP contribution is 2.43. The first kappa shape index (κ1) is 26.0. The van der Waals surface area contributed by atoms with E-state index in [1.165, 1.54) is 21.8 Å². The molecule has 0 spiro atoms. The number of unbranched alkanes of at least 4 members (excludes halogenated alkanes) is 2. The van der Waals surface area contributed by atoms with E-state index in [0.717, 1.165) is 73.9 Å². The molecule has 0 fully saturated rings. The second-order valence-corrected chi connectivity index (χ2v) is 10.3. The van der Waals surface area contributed by atoms with Crippen molar-refractivity contribution in [3.63, 3.8) is 0 Å². The smallest absolute Gasteiger partial charge is 0.348 e. The van der Waals surface area contributed by atoms with Gasteiger partial charge in [-0.3, -0.25) is 0 Å². The lowest BCUT2D eigenvalue weighted by Gasteiger charge is -2.17. The second-order valence-electron chi connectivity index (χ2n) is 8.71. The van der Waals surface area contributed by atoms with Crippen molar-refractivity contribution in [2.45, 2.75) is 70.8 Å². The predicted octanol–water partition coefficient (Wildman–Crippen LogP) is 6.89. The van der Waals surface area contributed by atoms with Gasteiger partial charge in [0.15, 0.2) is 0 Å². The average molecular weight is 491 g/mol. The van der Waals surface area contributed by atoms with Crippen molar-refractivity contribution >= 4 is 34.5 Å². The monoisotopic (exact) mass is 490 g/mol. The predicted molar refractivity (Wildman–Crippen MR) is 136 cm³/mol. The van der Waals surface area contributed by atoms with Crippen LogP contribution in [-0.2, 0) is 11.2 Å². The van der Waals surface area contributed by atoms with Crippen LogP contribution in [0.5, 0.6) is 0 Å². The van der Waals surface area contributed by atoms with Gasteiger partial charge >= 0.3 is 5.97 Å². The van der Waals surface area contributed by atoms with E-state index in [1.807, 2.05) is 18.2 Å². The number of benzene rings is 1. The summed E-state index contributed by atoms with van der Waals surface area (Å²) in [6, 6.07) is 12.1. The van der Waals surface area contributed by atoms with Gasteiger partial charge < -0.3 is 14.9 Å². The van der Waals surface area contributed by atoms with Gasteiger partial charge in [0.25, 0.3) is 0 Å². The molecule has 1 aliphatic carbocycles. The van der Waals surface area contributed by atoms with Gasteiger partial charge in [0.2, 0.25) is 0 Å². The summed E-state index contributed by atoms with van der Waals surface area (Å²) in [4.78, 5) is 13.7. The zero-order valence-electron chi connectivity index (χ0n) is 19.4. The van der Waals surface area contributed by atoms with Crippen LogP contribution in [0, 0.1) is 5.92 Å². The molecule has 6 heteroatoms. The quantitative estimate of drug-likeness (QED) is 0.237. The Kier molecular flexibility index (Phi) is 10.4. The van der Waals surface area contributed by atoms with E-state index in [-0.39, 0.29) is 19.2 Å². The zero-order valence-corrected chi connectivity index (χ0v) is 21.0. The van der Waals surface area contributed by atoms with Crippen molar-refractivity contribution in [2.75, 3.05) is 13.2 Å². The summed E-state index contributed by atoms with van der Waals surface area (Å²) in [7, 11) is 0. The molecule has 1 aromatic heterocycles. The third-order valence-corrected chi connectivity index (χ3v) is 7.78. The number of thiophene rings is 1. The van der Waals surface area contributed by atoms with E-state index >= 15 is 0 Å². The van der Waals surface area contributed by atoms with E-state index in [1.54, 1.807) is 6.07 Å². The summed E-state index contributed by atoms with van der Waals surface area (Å²) >= 11 is 8.10. The van der Waals surface area contributed by atoms with Crippen molar-refractivity contribution in [3.8, 4) is 0 Å². The Morgan fingerprint density at radius 1 is 1.18 bits per heavy atom. The number of carbonyl (C=O) groups is 1. The van der Waals surface area contributed by atoms with Crippen molar-refractivity contribution in [3.05, 3.63) is 62.3 Å². The molecule has 1 aromatic carbocycles. The lowest BCUT2D eigenvalue weighted by molar-refractivity contribution is 0.0439. The van der Waals surface area contributed by atoms with Crippen molar-refractivity contribution in [1.82, 2.24) is 0 Å². The van der Waals surface area contributed by atoms with Crippen LogP contribution >= 0.6 is 22.9 Å². The summed E-state index contributed by atoms with van der Waals surface area (Å²) in [6.07, 6.45) is 8.75. The maximum absolute atomic E-state index is 11.9. The molecule has 1 unspecified atom stereocenters. The van der Waals surface area contributed by atoms with E-state index in [2.05, 4.69) is 19.1 Å². The van der Waals surface area contributed by atoms with E-state index in [4.69, 9.17) is 21.4 Å². The first-order valence-corrected chi connectivity index (χ1v) is 13.3. The Hall–Kier alpha value is -1.66. The Morgan fingerprint density at radius 3 is 2.70 bits per heavy atom. The van der Waals surface area contributed by atoms with Gasteiger partial charge in [0.1, 0.15) is 11.5 Å². The number of carbonyl (C=O) groups excluding carboxylic acids is 1. The minimum absolute atomic E-state index is 0.0302. The molecule has 1 aliphatic rings. The van der Waals surface area contributed by atoms with Gasteiger partial charge in [0, 0.05) is 9.91 Å². The van der Waals surface area contributed by atoms with Gasteiger partial charge in [0.05, 0.1) is 12.7 Å². The lowest BCUT2D eigenvalue weighted by atomic mass is 9.89. The highest BCUT2D eigenvalue weighted by molar-refractivity contribution is 7.13. The van der Waals surface area contributed by atoms with Crippen LogP contribution in [-0.4, -0.2) is 29.4 Å². The van der Waals surface area contributed by atoms with E-state index in [0.29, 0.717) is 10.8 Å². The number of esters is 1. The molecule has 3 rings (SSSR count). The standard InChI is InChI=1S/C27H35ClO4S/c1-2-3-4-8-24(30)19-9-11-21(12-10-19)26-20(13-15-23(26)28)6-5-7-22-14-16-25(33-22)27(31)32-18-17-29/h9-12,14,16,20,24,29-30H,2-8,13,15,17-18H2,1H3/t20-,24?/m0/s1. The van der Waals surface area contributed by atoms with Gasteiger partial charge in [-0.25, -0.2) is 4.79 Å². The lowest BCUT2D eigenvalue weighted by Crippen LogP contribution is -2.06. The molecule has 2 N–H and O–H groups in total. The number of aliphatic hydroxyl groups is 2. The molecule has 1 heterocycles. The Morgan fingerprint density at radius 2 is 1.97 bits per heavy atom. The first-order valence-electron chi connectivity index (χ1n) is 12.1. The summed E-state index contributed by atoms with van der Waals surface area (Å²) in [5, 5.41) is 20.2. The van der Waals surface area contributed by atoms with E-state index < -0.39 is 6.10 Å². The second kappa shape index (κ2) is 13.3. The maximum Gasteiger partial charge on any atom is 0.348 e. The number of allylic oxidation sites excluding steroid dienone is 2. The normalized spacial score (nSPS) is 16.9. The third kappa shape index (κ3) is 7.41. The van der Waals surface area contributed by atoms with Gasteiger partial charge in [-0.05, 0) is 73.3 Å². The molecule has 0 aliphatic heterocycles. The first-order chi connectivity index (χ1) is 16.0. The molecule has 0 saturated heterocycles. The fraction of sp³-hybridized carbons (Fsp3) is 0.519. The SMILES string of the molecule is CCCCCC(O)c1ccc(C2=C(Cl)CC[C@@H]2CCCc2ccc(C(=O)OCCO)s2)cc1. The average Bonchev–Trinajstić information content (AvgIpc) is 3.44. The molecule has 4 nitrogen and oxygen atoms in total. The molecule has 180 valence electrons. The van der Waals surface area contributed by atoms with Crippen LogP contribution in [0.3, 0.4) is 0 Å². The summed E-state index contributed by atoms with van der Waals surface area (Å²) in [5.41, 5.74) is 3.40. The Bertz CT molecular complexity index is 918. The van der Waals surface area contributed by atoms with E-state index in [9.17, 15) is 9.90 Å². The van der Waals surface area contributed by atoms with Crippen LogP contribution in [0.4, 0.5) is 0 Å². The molecule has 33 heavy (non-hydrogen) atoms. The van der Waals surface area contributed by atoms with Gasteiger partial charge in [-0.2, -0.15) is 0 Å². The topological polar surface area (TPSA) is 66.8 Å². The number of hydrogen-bond donors (Lipinski definition) is 2. The van der Waals surface area contributed by atoms with Gasteiger partial charge in [-0.15, -0.1) is 11.3 Å². The zero-order chi connectivity index (χ0) is 23.6. The maximum atomic E-state index is 11.9. The van der Waals surface area contributed by atoms with Crippen LogP contribution in [0.15, 0.2) is 41.4 Å². The highest BCUT2D eigenvalue weighted by atomic mass is 35.5. The Balaban J connectivity index is 1.54. The van der Waals surface area contributed by atoms with Gasteiger partial charge in [-0.1, -0.05) is 62.1 Å². The molecule has 0 saturated carbocycles. The molecule has 2 aromatic rings. The molecular formula is C27H35ClO4S. The van der Waals surface area contributed by atoms with Crippen molar-refractivity contribution in [1.29, 1.82) is 0 Å². The number of hydrogen-bond acceptors (Lipinski definition) is 5. The minimum atomic E-state index is -0.397. The van der Waals surface area contributed by atoms with Crippen LogP contribution in [0.1, 0.15) is 90.1 Å². The number of halogens is 1. The fourth-order valence-electron chi connectivity index (χ4n) is 4.48. The molecular weight excluding hydrogens is 456 g/mol. The summed E-state index contributed by atoms with van der Waals surface area (Å²) < 4.78 is 4.98. The fourth-order valence-corrected chi connectivity index (χ4v) is 5.79. The van der Waals surface area contributed by atoms with Crippen molar-refractivity contribution in [2.24, 2.45) is 5.92 Å². The number of rotatable bonds is 13. The van der Waals surface area contributed by atoms with Crippen LogP contribution < -0.4 is 0 Å². The highest BCUT2D eigenvalue weighted by Gasteiger charge is 2.25. The largest absolute Gasteiger partial charge is 0.459 e. The molecule has 0 radical (unpaired) electrons. The molecule has 0 amide bonds. The minimum Gasteiger partial charge on any atom is -0.459 e. The number of aryl methyl sites for hydroxylation is 1. The summed E-state index contributed by atoms with van der Waals surface area (Å²) in [5.74, 6) is 0.0683. The number of ether oxygens (including phenoxy) is 1. The third-order valence-electron chi connectivity index (χ3n) is 6.26. The van der Waals surface area contributed by atoms with Crippen LogP contribution in [0.2, 0.25) is 0 Å². The molecule has 0 bridgehead atoms. The Labute approximate surface area is 206 Å². The summed E-state index contributed by atoms with van der Waals surface area (Å²) in [6.45, 7) is 2.04. The molecule has 2 atom stereocenters.